The fourth-order valence-corrected chi connectivity index (χ4v) is 1.91. The highest BCUT2D eigenvalue weighted by molar-refractivity contribution is 5.78. The summed E-state index contributed by atoms with van der Waals surface area (Å²) in [5.41, 5.74) is 3.14. The van der Waals surface area contributed by atoms with Crippen LogP contribution in [0.1, 0.15) is 0 Å². The van der Waals surface area contributed by atoms with E-state index in [-0.39, 0.29) is 0 Å². The molecule has 6 heteroatoms. The first-order valence-corrected chi connectivity index (χ1v) is 5.52. The molecule has 0 saturated carbocycles. The molecule has 0 atom stereocenters. The van der Waals surface area contributed by atoms with Gasteiger partial charge in [0.15, 0.2) is 22.9 Å². The lowest BCUT2D eigenvalue weighted by Gasteiger charge is -1.86. The predicted octanol–water partition coefficient (Wildman–Crippen LogP) is 1.90. The summed E-state index contributed by atoms with van der Waals surface area (Å²) in [6.45, 7) is 0. The molecule has 2 N–H and O–H groups in total. The number of aromatic nitrogens is 6. The van der Waals surface area contributed by atoms with Crippen LogP contribution in [0.3, 0.4) is 0 Å². The largest absolute Gasteiger partial charge is 0.334 e. The van der Waals surface area contributed by atoms with Crippen molar-refractivity contribution in [2.45, 2.75) is 0 Å². The average Bonchev–Trinajstić information content (AvgIpc) is 3.02. The summed E-state index contributed by atoms with van der Waals surface area (Å²) >= 11 is 0. The summed E-state index contributed by atoms with van der Waals surface area (Å²) < 4.78 is 0. The maximum Gasteiger partial charge on any atom is 0.178 e. The number of rotatable bonds is 1. The van der Waals surface area contributed by atoms with E-state index >= 15 is 0 Å². The van der Waals surface area contributed by atoms with Gasteiger partial charge in [0.25, 0.3) is 0 Å². The molecule has 0 aromatic carbocycles. The van der Waals surface area contributed by atoms with Crippen molar-refractivity contribution in [3.8, 4) is 11.6 Å². The van der Waals surface area contributed by atoms with Gasteiger partial charge in [-0.1, -0.05) is 0 Å². The van der Waals surface area contributed by atoms with Gasteiger partial charge in [-0.3, -0.25) is 0 Å². The van der Waals surface area contributed by atoms with E-state index in [2.05, 4.69) is 29.9 Å². The summed E-state index contributed by atoms with van der Waals surface area (Å²) in [4.78, 5) is 23.5. The topological polar surface area (TPSA) is 83.1 Å². The molecule has 6 nitrogen and oxygen atoms in total. The van der Waals surface area contributed by atoms with Crippen molar-refractivity contribution in [3.63, 3.8) is 0 Å². The summed E-state index contributed by atoms with van der Waals surface area (Å²) in [5, 5.41) is 0. The van der Waals surface area contributed by atoms with Gasteiger partial charge in [0.2, 0.25) is 0 Å². The SMILES string of the molecule is c1cnc2nc(-c3nc4ncccc4[nH]3)[nH]c2c1. The smallest absolute Gasteiger partial charge is 0.178 e. The van der Waals surface area contributed by atoms with Crippen LogP contribution in [0.4, 0.5) is 0 Å². The molecule has 0 aliphatic heterocycles. The van der Waals surface area contributed by atoms with E-state index in [4.69, 9.17) is 0 Å². The quantitative estimate of drug-likeness (QED) is 0.528. The molecule has 4 rings (SSSR count). The van der Waals surface area contributed by atoms with E-state index in [0.717, 1.165) is 11.0 Å². The molecular formula is C12H8N6. The number of hydrogen-bond acceptors (Lipinski definition) is 4. The van der Waals surface area contributed by atoms with Gasteiger partial charge in [0, 0.05) is 12.4 Å². The molecule has 0 aliphatic carbocycles. The second-order valence-corrected chi connectivity index (χ2v) is 3.92. The molecule has 0 bridgehead atoms. The number of H-pyrrole nitrogens is 2. The molecule has 4 aromatic rings. The van der Waals surface area contributed by atoms with Crippen LogP contribution >= 0.6 is 0 Å². The Morgan fingerprint density at radius 3 is 1.67 bits per heavy atom. The maximum absolute atomic E-state index is 4.39. The number of hydrogen-bond donors (Lipinski definition) is 2. The minimum atomic E-state index is 0.668. The third-order valence-electron chi connectivity index (χ3n) is 2.74. The van der Waals surface area contributed by atoms with Gasteiger partial charge in [0.05, 0.1) is 11.0 Å². The standard InChI is InChI=1S/C12H8N6/c1-3-7-9(13-5-1)17-11(15-7)12-16-8-4-2-6-14-10(8)18-12/h1-6H,(H,13,15,17)(H,14,16,18). The van der Waals surface area contributed by atoms with Crippen molar-refractivity contribution >= 4 is 22.3 Å². The monoisotopic (exact) mass is 236 g/mol. The molecular weight excluding hydrogens is 228 g/mol. The Morgan fingerprint density at radius 1 is 0.722 bits per heavy atom. The third kappa shape index (κ3) is 1.29. The van der Waals surface area contributed by atoms with Gasteiger partial charge in [-0.15, -0.1) is 0 Å². The van der Waals surface area contributed by atoms with Gasteiger partial charge in [-0.25, -0.2) is 19.9 Å². The molecule has 0 aliphatic rings. The maximum atomic E-state index is 4.39. The molecule has 0 unspecified atom stereocenters. The molecule has 18 heavy (non-hydrogen) atoms. The Kier molecular flexibility index (Phi) is 1.74. The van der Waals surface area contributed by atoms with E-state index in [1.165, 1.54) is 0 Å². The van der Waals surface area contributed by atoms with E-state index in [1.54, 1.807) is 12.4 Å². The van der Waals surface area contributed by atoms with Crippen LogP contribution < -0.4 is 0 Å². The first-order chi connectivity index (χ1) is 8.90. The zero-order chi connectivity index (χ0) is 11.9. The van der Waals surface area contributed by atoms with Crippen LogP contribution in [0.15, 0.2) is 36.7 Å². The van der Waals surface area contributed by atoms with Gasteiger partial charge >= 0.3 is 0 Å². The van der Waals surface area contributed by atoms with Gasteiger partial charge in [0.1, 0.15) is 0 Å². The number of nitrogens with zero attached hydrogens (tertiary/aromatic N) is 4. The van der Waals surface area contributed by atoms with Crippen molar-refractivity contribution in [2.24, 2.45) is 0 Å². The van der Waals surface area contributed by atoms with Crippen LogP contribution in [0.5, 0.6) is 0 Å². The number of pyridine rings is 2. The Bertz CT molecular complexity index is 706. The van der Waals surface area contributed by atoms with E-state index < -0.39 is 0 Å². The Morgan fingerprint density at radius 2 is 1.22 bits per heavy atom. The van der Waals surface area contributed by atoms with E-state index in [1.807, 2.05) is 24.3 Å². The highest BCUT2D eigenvalue weighted by Crippen LogP contribution is 2.18. The van der Waals surface area contributed by atoms with E-state index in [0.29, 0.717) is 22.9 Å². The molecule has 0 amide bonds. The van der Waals surface area contributed by atoms with Crippen molar-refractivity contribution in [3.05, 3.63) is 36.7 Å². The fourth-order valence-electron chi connectivity index (χ4n) is 1.91. The number of aromatic amines is 2. The highest BCUT2D eigenvalue weighted by atomic mass is 15.1. The predicted molar refractivity (Wildman–Crippen MR) is 66.8 cm³/mol. The molecule has 0 fully saturated rings. The lowest BCUT2D eigenvalue weighted by atomic mass is 10.4. The number of nitrogens with one attached hydrogen (secondary N) is 2. The average molecular weight is 236 g/mol. The van der Waals surface area contributed by atoms with Gasteiger partial charge in [-0.05, 0) is 24.3 Å². The molecule has 0 saturated heterocycles. The Balaban J connectivity index is 1.95. The molecule has 4 aromatic heterocycles. The first kappa shape index (κ1) is 9.29. The minimum Gasteiger partial charge on any atom is -0.334 e. The third-order valence-corrected chi connectivity index (χ3v) is 2.74. The summed E-state index contributed by atoms with van der Waals surface area (Å²) in [5.74, 6) is 1.34. The van der Waals surface area contributed by atoms with Crippen LogP contribution in [-0.2, 0) is 0 Å². The van der Waals surface area contributed by atoms with Gasteiger partial charge in [-0.2, -0.15) is 0 Å². The van der Waals surface area contributed by atoms with E-state index in [9.17, 15) is 0 Å². The highest BCUT2D eigenvalue weighted by Gasteiger charge is 2.10. The van der Waals surface area contributed by atoms with Crippen molar-refractivity contribution < 1.29 is 0 Å². The number of fused-ring (bicyclic) bond motifs is 2. The van der Waals surface area contributed by atoms with Crippen LogP contribution in [0, 0.1) is 0 Å². The summed E-state index contributed by atoms with van der Waals surface area (Å²) in [6.07, 6.45) is 3.43. The van der Waals surface area contributed by atoms with Crippen molar-refractivity contribution in [1.29, 1.82) is 0 Å². The molecule has 86 valence electrons. The zero-order valence-electron chi connectivity index (χ0n) is 9.25. The van der Waals surface area contributed by atoms with Crippen LogP contribution in [0.25, 0.3) is 34.0 Å². The zero-order valence-corrected chi connectivity index (χ0v) is 9.25. The Labute approximate surface area is 101 Å². The second kappa shape index (κ2) is 3.36. The Hall–Kier alpha value is -2.76. The molecule has 0 spiro atoms. The minimum absolute atomic E-state index is 0.668. The lowest BCUT2D eigenvalue weighted by Crippen LogP contribution is -1.82. The molecule has 0 radical (unpaired) electrons. The van der Waals surface area contributed by atoms with Crippen LogP contribution in [-0.4, -0.2) is 29.9 Å². The van der Waals surface area contributed by atoms with Crippen molar-refractivity contribution in [2.75, 3.05) is 0 Å². The number of imidazole rings is 2. The van der Waals surface area contributed by atoms with Crippen LogP contribution in [0.2, 0.25) is 0 Å². The van der Waals surface area contributed by atoms with Crippen molar-refractivity contribution in [1.82, 2.24) is 29.9 Å². The van der Waals surface area contributed by atoms with Gasteiger partial charge < -0.3 is 9.97 Å². The molecule has 4 heterocycles. The first-order valence-electron chi connectivity index (χ1n) is 5.52. The normalized spacial score (nSPS) is 11.3. The summed E-state index contributed by atoms with van der Waals surface area (Å²) in [6, 6.07) is 7.59. The second-order valence-electron chi connectivity index (χ2n) is 3.92. The summed E-state index contributed by atoms with van der Waals surface area (Å²) in [7, 11) is 0. The fraction of sp³-hybridized carbons (Fsp3) is 0. The lowest BCUT2D eigenvalue weighted by molar-refractivity contribution is 1.21.